The third-order valence-corrected chi connectivity index (χ3v) is 1.06. The van der Waals surface area contributed by atoms with Crippen molar-refractivity contribution in [3.63, 3.8) is 0 Å². The highest BCUT2D eigenvalue weighted by atomic mass is 35.7. The van der Waals surface area contributed by atoms with Gasteiger partial charge in [-0.25, -0.2) is 0 Å². The molecule has 0 amide bonds. The van der Waals surface area contributed by atoms with E-state index in [1.165, 1.54) is 7.05 Å². The van der Waals surface area contributed by atoms with Crippen LogP contribution in [-0.2, 0) is 14.5 Å². The molecular weight excluding hydrogens is 185 g/mol. The average Bonchev–Trinajstić information content (AvgIpc) is 1.65. The number of halogens is 2. The maximum atomic E-state index is 9.99. The van der Waals surface area contributed by atoms with Crippen molar-refractivity contribution in [3.8, 4) is 0 Å². The van der Waals surface area contributed by atoms with Gasteiger partial charge in [-0.3, -0.25) is 4.99 Å². The Bertz CT molecular complexity index is 127. The van der Waals surface area contributed by atoms with E-state index in [0.29, 0.717) is 5.90 Å². The number of rotatable bonds is 1. The second-order valence-corrected chi connectivity index (χ2v) is 2.33. The summed E-state index contributed by atoms with van der Waals surface area (Å²) in [6, 6.07) is 0. The quantitative estimate of drug-likeness (QED) is 0.356. The molecule has 0 bridgehead atoms. The maximum absolute atomic E-state index is 9.99. The Labute approximate surface area is 67.0 Å². The molecule has 0 radical (unpaired) electrons. The average molecular weight is 192 g/mol. The summed E-state index contributed by atoms with van der Waals surface area (Å²) < 4.78 is 14.4. The highest BCUT2D eigenvalue weighted by Gasteiger charge is 1.93. The SMILES string of the molecule is CN=C(C)OS(=O)Cl.Cl. The molecular formula is C3H7Cl2NO2S. The first-order valence-corrected chi connectivity index (χ1v) is 3.76. The van der Waals surface area contributed by atoms with E-state index in [-0.39, 0.29) is 12.4 Å². The van der Waals surface area contributed by atoms with Gasteiger partial charge in [0.05, 0.1) is 0 Å². The van der Waals surface area contributed by atoms with Gasteiger partial charge in [0.1, 0.15) is 0 Å². The van der Waals surface area contributed by atoms with Gasteiger partial charge in [-0.1, -0.05) is 0 Å². The minimum Gasteiger partial charge on any atom is -0.374 e. The van der Waals surface area contributed by atoms with E-state index in [1.54, 1.807) is 6.92 Å². The van der Waals surface area contributed by atoms with Gasteiger partial charge < -0.3 is 4.18 Å². The highest BCUT2D eigenvalue weighted by Crippen LogP contribution is 1.91. The van der Waals surface area contributed by atoms with E-state index in [2.05, 4.69) is 9.18 Å². The van der Waals surface area contributed by atoms with Crippen LogP contribution in [0.1, 0.15) is 6.92 Å². The van der Waals surface area contributed by atoms with Crippen molar-refractivity contribution in [2.75, 3.05) is 7.05 Å². The van der Waals surface area contributed by atoms with Crippen LogP contribution < -0.4 is 0 Å². The molecule has 0 aromatic carbocycles. The Balaban J connectivity index is 0. The van der Waals surface area contributed by atoms with Gasteiger partial charge in [0.25, 0.3) is 0 Å². The zero-order valence-electron chi connectivity index (χ0n) is 4.96. The van der Waals surface area contributed by atoms with Gasteiger partial charge in [-0.15, -0.1) is 12.4 Å². The van der Waals surface area contributed by atoms with Gasteiger partial charge >= 0.3 is 10.3 Å². The normalized spacial score (nSPS) is 13.9. The molecule has 56 valence electrons. The van der Waals surface area contributed by atoms with Crippen molar-refractivity contribution in [1.29, 1.82) is 0 Å². The Hall–Kier alpha value is 0.200. The number of hydrogen-bond donors (Lipinski definition) is 0. The molecule has 6 heteroatoms. The molecule has 0 saturated carbocycles. The molecule has 1 atom stereocenters. The van der Waals surface area contributed by atoms with E-state index in [9.17, 15) is 4.21 Å². The van der Waals surface area contributed by atoms with Crippen LogP contribution >= 0.6 is 23.1 Å². The van der Waals surface area contributed by atoms with Crippen LogP contribution in [0.4, 0.5) is 0 Å². The first-order chi connectivity index (χ1) is 3.66. The van der Waals surface area contributed by atoms with Crippen LogP contribution in [0.25, 0.3) is 0 Å². The molecule has 1 unspecified atom stereocenters. The number of nitrogens with zero attached hydrogens (tertiary/aromatic N) is 1. The van der Waals surface area contributed by atoms with Crippen LogP contribution in [0.3, 0.4) is 0 Å². The molecule has 0 fully saturated rings. The number of hydrogen-bond acceptors (Lipinski definition) is 3. The second-order valence-electron chi connectivity index (χ2n) is 1.02. The predicted octanol–water partition coefficient (Wildman–Crippen LogP) is 1.29. The minimum absolute atomic E-state index is 0. The zero-order valence-corrected chi connectivity index (χ0v) is 7.35. The fraction of sp³-hybridized carbons (Fsp3) is 0.667. The summed E-state index contributed by atoms with van der Waals surface area (Å²) in [5.41, 5.74) is 0. The van der Waals surface area contributed by atoms with E-state index < -0.39 is 10.3 Å². The first kappa shape index (κ1) is 11.9. The van der Waals surface area contributed by atoms with E-state index in [1.807, 2.05) is 0 Å². The molecule has 0 heterocycles. The number of aliphatic imine (C=N–C) groups is 1. The Morgan fingerprint density at radius 2 is 2.22 bits per heavy atom. The molecule has 0 saturated heterocycles. The summed E-state index contributed by atoms with van der Waals surface area (Å²) in [5, 5.41) is 0. The Morgan fingerprint density at radius 1 is 1.78 bits per heavy atom. The van der Waals surface area contributed by atoms with E-state index in [4.69, 9.17) is 10.7 Å². The zero-order chi connectivity index (χ0) is 6.57. The standard InChI is InChI=1S/C3H6ClNO2S.ClH/c1-3(5-2)7-8(4)6;/h1-2H3;1H. The van der Waals surface area contributed by atoms with Crippen molar-refractivity contribution in [2.24, 2.45) is 4.99 Å². The fourth-order valence-corrected chi connectivity index (χ4v) is 0.670. The smallest absolute Gasteiger partial charge is 0.310 e. The summed E-state index contributed by atoms with van der Waals surface area (Å²) in [5.74, 6) is 0.318. The van der Waals surface area contributed by atoms with Gasteiger partial charge in [-0.2, -0.15) is 4.21 Å². The molecule has 0 aliphatic carbocycles. The van der Waals surface area contributed by atoms with E-state index >= 15 is 0 Å². The van der Waals surface area contributed by atoms with Gasteiger partial charge in [0, 0.05) is 24.7 Å². The highest BCUT2D eigenvalue weighted by molar-refractivity contribution is 8.04. The van der Waals surface area contributed by atoms with Crippen LogP contribution in [0, 0.1) is 0 Å². The van der Waals surface area contributed by atoms with Crippen molar-refractivity contribution >= 4 is 39.3 Å². The molecule has 0 rings (SSSR count). The van der Waals surface area contributed by atoms with Crippen LogP contribution in [0.15, 0.2) is 4.99 Å². The molecule has 0 aromatic rings. The van der Waals surface area contributed by atoms with Gasteiger partial charge in [0.2, 0.25) is 0 Å². The molecule has 9 heavy (non-hydrogen) atoms. The third kappa shape index (κ3) is 8.20. The molecule has 0 spiro atoms. The van der Waals surface area contributed by atoms with E-state index in [0.717, 1.165) is 0 Å². The van der Waals surface area contributed by atoms with Gasteiger partial charge in [0.15, 0.2) is 5.90 Å². The molecule has 0 aromatic heterocycles. The molecule has 0 aliphatic heterocycles. The lowest BCUT2D eigenvalue weighted by Gasteiger charge is -1.92. The summed E-state index contributed by atoms with van der Waals surface area (Å²) in [6.07, 6.45) is 0. The van der Waals surface area contributed by atoms with Crippen molar-refractivity contribution in [1.82, 2.24) is 0 Å². The lowest BCUT2D eigenvalue weighted by Crippen LogP contribution is -1.96. The summed E-state index contributed by atoms with van der Waals surface area (Å²) in [7, 11) is 4.69. The molecule has 3 nitrogen and oxygen atoms in total. The monoisotopic (exact) mass is 191 g/mol. The minimum atomic E-state index is -1.75. The van der Waals surface area contributed by atoms with Crippen LogP contribution in [0.5, 0.6) is 0 Å². The summed E-state index contributed by atoms with van der Waals surface area (Å²) in [4.78, 5) is 3.55. The summed E-state index contributed by atoms with van der Waals surface area (Å²) in [6.45, 7) is 1.57. The third-order valence-electron chi connectivity index (χ3n) is 0.501. The lowest BCUT2D eigenvalue weighted by atomic mass is 10.8. The Morgan fingerprint density at radius 3 is 2.33 bits per heavy atom. The topological polar surface area (TPSA) is 38.7 Å². The summed E-state index contributed by atoms with van der Waals surface area (Å²) >= 11 is 0. The van der Waals surface area contributed by atoms with Crippen molar-refractivity contribution < 1.29 is 8.39 Å². The van der Waals surface area contributed by atoms with Crippen molar-refractivity contribution in [3.05, 3.63) is 0 Å². The Kier molecular flexibility index (Phi) is 8.38. The predicted molar refractivity (Wildman–Crippen MR) is 41.4 cm³/mol. The maximum Gasteiger partial charge on any atom is 0.310 e. The van der Waals surface area contributed by atoms with Crippen molar-refractivity contribution in [2.45, 2.75) is 6.92 Å². The lowest BCUT2D eigenvalue weighted by molar-refractivity contribution is 0.569. The molecule has 0 N–H and O–H groups in total. The first-order valence-electron chi connectivity index (χ1n) is 1.86. The molecule has 0 aliphatic rings. The largest absolute Gasteiger partial charge is 0.374 e. The second kappa shape index (κ2) is 6.32. The fourth-order valence-electron chi connectivity index (χ4n) is 0.132. The van der Waals surface area contributed by atoms with Crippen LogP contribution in [0.2, 0.25) is 0 Å². The van der Waals surface area contributed by atoms with Crippen LogP contribution in [-0.4, -0.2) is 17.2 Å². The van der Waals surface area contributed by atoms with Gasteiger partial charge in [-0.05, 0) is 0 Å².